The first kappa shape index (κ1) is 21.2. The summed E-state index contributed by atoms with van der Waals surface area (Å²) in [7, 11) is 4.00. The van der Waals surface area contributed by atoms with Crippen LogP contribution in [-0.2, 0) is 13.5 Å². The second-order valence-electron chi connectivity index (χ2n) is 8.57. The zero-order valence-electron chi connectivity index (χ0n) is 18.8. The first-order valence-electron chi connectivity index (χ1n) is 11.1. The number of aryl methyl sites for hydroxylation is 1. The lowest BCUT2D eigenvalue weighted by atomic mass is 10.1. The number of fused-ring (bicyclic) bond motifs is 1. The summed E-state index contributed by atoms with van der Waals surface area (Å²) in [6.45, 7) is 2.01. The highest BCUT2D eigenvalue weighted by Gasteiger charge is 2.19. The first-order valence-corrected chi connectivity index (χ1v) is 11.1. The predicted octanol–water partition coefficient (Wildman–Crippen LogP) is 3.32. The van der Waals surface area contributed by atoms with Gasteiger partial charge in [-0.1, -0.05) is 12.1 Å². The van der Waals surface area contributed by atoms with Gasteiger partial charge in [-0.2, -0.15) is 5.10 Å². The molecule has 3 aromatic heterocycles. The molecule has 1 fully saturated rings. The number of hydrogen-bond donors (Lipinski definition) is 0. The van der Waals surface area contributed by atoms with E-state index >= 15 is 0 Å². The van der Waals surface area contributed by atoms with E-state index in [1.807, 2.05) is 37.6 Å². The molecule has 8 heteroatoms. The average molecular weight is 443 g/mol. The highest BCUT2D eigenvalue weighted by atomic mass is 16.5. The van der Waals surface area contributed by atoms with Crippen molar-refractivity contribution in [1.29, 1.82) is 0 Å². The van der Waals surface area contributed by atoms with Crippen molar-refractivity contribution in [3.63, 3.8) is 0 Å². The number of carbonyl (C=O) groups is 1. The minimum absolute atomic E-state index is 0.0617. The lowest BCUT2D eigenvalue weighted by Crippen LogP contribution is -2.35. The molecule has 4 heterocycles. The number of piperidine rings is 1. The highest BCUT2D eigenvalue weighted by Crippen LogP contribution is 2.23. The summed E-state index contributed by atoms with van der Waals surface area (Å²) in [5, 5.41) is 5.16. The molecule has 0 bridgehead atoms. The Morgan fingerprint density at radius 3 is 2.70 bits per heavy atom. The van der Waals surface area contributed by atoms with Gasteiger partial charge in [0.25, 0.3) is 0 Å². The molecule has 1 saturated heterocycles. The average Bonchev–Trinajstić information content (AvgIpc) is 3.26. The maximum Gasteiger partial charge on any atom is 0.214 e. The zero-order valence-corrected chi connectivity index (χ0v) is 18.8. The Morgan fingerprint density at radius 2 is 1.91 bits per heavy atom. The second-order valence-corrected chi connectivity index (χ2v) is 8.57. The fourth-order valence-electron chi connectivity index (χ4n) is 4.06. The molecule has 0 unspecified atom stereocenters. The van der Waals surface area contributed by atoms with Gasteiger partial charge in [-0.05, 0) is 37.6 Å². The molecule has 0 amide bonds. The van der Waals surface area contributed by atoms with E-state index in [-0.39, 0.29) is 18.3 Å². The number of hydrogen-bond acceptors (Lipinski definition) is 7. The Bertz CT molecular complexity index is 1290. The van der Waals surface area contributed by atoms with E-state index in [0.29, 0.717) is 17.3 Å². The van der Waals surface area contributed by atoms with E-state index in [1.54, 1.807) is 29.2 Å². The van der Waals surface area contributed by atoms with Crippen molar-refractivity contribution in [2.24, 2.45) is 7.05 Å². The fraction of sp³-hybridized carbons (Fsp3) is 0.320. The van der Waals surface area contributed by atoms with Crippen LogP contribution >= 0.6 is 0 Å². The van der Waals surface area contributed by atoms with Crippen LogP contribution in [0.4, 0.5) is 0 Å². The van der Waals surface area contributed by atoms with E-state index in [9.17, 15) is 4.79 Å². The Labute approximate surface area is 192 Å². The lowest BCUT2D eigenvalue weighted by molar-refractivity contribution is 0.0984. The topological polar surface area (TPSA) is 86.0 Å². The van der Waals surface area contributed by atoms with E-state index < -0.39 is 0 Å². The van der Waals surface area contributed by atoms with Crippen molar-refractivity contribution in [2.45, 2.75) is 25.4 Å². The van der Waals surface area contributed by atoms with Crippen LogP contribution in [0.25, 0.3) is 22.0 Å². The van der Waals surface area contributed by atoms with Gasteiger partial charge in [0.2, 0.25) is 5.88 Å². The third-order valence-corrected chi connectivity index (χ3v) is 6.00. The number of ketones is 1. The van der Waals surface area contributed by atoms with Gasteiger partial charge in [-0.25, -0.2) is 15.0 Å². The van der Waals surface area contributed by atoms with E-state index in [2.05, 4.69) is 32.0 Å². The summed E-state index contributed by atoms with van der Waals surface area (Å²) in [5.41, 5.74) is 3.40. The standard InChI is InChI=1S/C25H26N6O2/c1-30-9-6-21(7-10-30)33-25-12-18(5-8-26-25)23(32)13-24-27-14-19-4-3-17(11-22(19)29-24)20-15-28-31(2)16-20/h3-5,8,11-12,14-16,21H,6-7,9-10,13H2,1-2H3. The van der Waals surface area contributed by atoms with Crippen molar-refractivity contribution in [3.8, 4) is 17.0 Å². The van der Waals surface area contributed by atoms with Crippen molar-refractivity contribution in [3.05, 3.63) is 66.5 Å². The van der Waals surface area contributed by atoms with Gasteiger partial charge in [0, 0.05) is 61.3 Å². The maximum atomic E-state index is 12.9. The van der Waals surface area contributed by atoms with Crippen molar-refractivity contribution in [2.75, 3.05) is 20.1 Å². The molecule has 33 heavy (non-hydrogen) atoms. The number of pyridine rings is 1. The lowest BCUT2D eigenvalue weighted by Gasteiger charge is -2.28. The summed E-state index contributed by atoms with van der Waals surface area (Å²) < 4.78 is 7.80. The molecule has 5 rings (SSSR count). The van der Waals surface area contributed by atoms with Gasteiger partial charge >= 0.3 is 0 Å². The molecule has 0 spiro atoms. The molecule has 0 aliphatic carbocycles. The Balaban J connectivity index is 1.31. The molecule has 168 valence electrons. The minimum atomic E-state index is -0.0617. The first-order chi connectivity index (χ1) is 16.0. The third-order valence-electron chi connectivity index (χ3n) is 6.00. The van der Waals surface area contributed by atoms with Crippen LogP contribution in [0.15, 0.2) is 55.1 Å². The number of benzene rings is 1. The smallest absolute Gasteiger partial charge is 0.214 e. The molecule has 0 radical (unpaired) electrons. The third kappa shape index (κ3) is 4.90. The second kappa shape index (κ2) is 9.07. The minimum Gasteiger partial charge on any atom is -0.474 e. The molecule has 1 aromatic carbocycles. The SMILES string of the molecule is CN1CCC(Oc2cc(C(=O)Cc3ncc4ccc(-c5cnn(C)c5)cc4n3)ccn2)CC1. The Morgan fingerprint density at radius 1 is 1.06 bits per heavy atom. The van der Waals surface area contributed by atoms with Gasteiger partial charge in [0.05, 0.1) is 18.1 Å². The van der Waals surface area contributed by atoms with Gasteiger partial charge < -0.3 is 9.64 Å². The number of ether oxygens (including phenoxy) is 1. The Hall–Kier alpha value is -3.65. The van der Waals surface area contributed by atoms with Crippen molar-refractivity contribution < 1.29 is 9.53 Å². The molecular weight excluding hydrogens is 416 g/mol. The summed E-state index contributed by atoms with van der Waals surface area (Å²) >= 11 is 0. The number of likely N-dealkylation sites (tertiary alicyclic amines) is 1. The number of aromatic nitrogens is 5. The van der Waals surface area contributed by atoms with Gasteiger partial charge in [-0.3, -0.25) is 9.48 Å². The van der Waals surface area contributed by atoms with Crippen LogP contribution in [0, 0.1) is 0 Å². The monoisotopic (exact) mass is 442 g/mol. The predicted molar refractivity (Wildman–Crippen MR) is 125 cm³/mol. The largest absolute Gasteiger partial charge is 0.474 e. The molecule has 1 aliphatic rings. The normalized spacial score (nSPS) is 15.1. The molecule has 4 aromatic rings. The van der Waals surface area contributed by atoms with Crippen LogP contribution in [0.2, 0.25) is 0 Å². The summed E-state index contributed by atoms with van der Waals surface area (Å²) in [6.07, 6.45) is 9.34. The molecule has 1 aliphatic heterocycles. The summed E-state index contributed by atoms with van der Waals surface area (Å²) in [6, 6.07) is 9.45. The summed E-state index contributed by atoms with van der Waals surface area (Å²) in [4.78, 5) is 28.6. The number of nitrogens with zero attached hydrogens (tertiary/aromatic N) is 6. The summed E-state index contributed by atoms with van der Waals surface area (Å²) in [5.74, 6) is 0.926. The van der Waals surface area contributed by atoms with Gasteiger partial charge in [0.1, 0.15) is 11.9 Å². The molecule has 0 atom stereocenters. The molecule has 0 saturated carbocycles. The molecular formula is C25H26N6O2. The maximum absolute atomic E-state index is 12.9. The number of Topliss-reactive ketones (excluding diaryl/α,β-unsaturated/α-hetero) is 1. The van der Waals surface area contributed by atoms with Crippen LogP contribution in [0.5, 0.6) is 5.88 Å². The quantitative estimate of drug-likeness (QED) is 0.423. The molecule has 0 N–H and O–H groups in total. The Kier molecular flexibility index (Phi) is 5.83. The number of rotatable bonds is 6. The van der Waals surface area contributed by atoms with E-state index in [1.165, 1.54) is 0 Å². The van der Waals surface area contributed by atoms with Crippen LogP contribution < -0.4 is 4.74 Å². The van der Waals surface area contributed by atoms with Crippen molar-refractivity contribution in [1.82, 2.24) is 29.6 Å². The van der Waals surface area contributed by atoms with E-state index in [4.69, 9.17) is 4.74 Å². The van der Waals surface area contributed by atoms with Crippen LogP contribution in [0.3, 0.4) is 0 Å². The van der Waals surface area contributed by atoms with Crippen LogP contribution in [-0.4, -0.2) is 61.7 Å². The fourth-order valence-corrected chi connectivity index (χ4v) is 4.06. The van der Waals surface area contributed by atoms with Gasteiger partial charge in [0.15, 0.2) is 5.78 Å². The zero-order chi connectivity index (χ0) is 22.8. The highest BCUT2D eigenvalue weighted by molar-refractivity contribution is 5.97. The van der Waals surface area contributed by atoms with Gasteiger partial charge in [-0.15, -0.1) is 0 Å². The molecule has 8 nitrogen and oxygen atoms in total. The van der Waals surface area contributed by atoms with Crippen LogP contribution in [0.1, 0.15) is 29.0 Å². The number of carbonyl (C=O) groups excluding carboxylic acids is 1. The van der Waals surface area contributed by atoms with E-state index in [0.717, 1.165) is 48.0 Å². The van der Waals surface area contributed by atoms with Crippen molar-refractivity contribution >= 4 is 16.7 Å².